The minimum Gasteiger partial charge on any atom is -0.378 e. The van der Waals surface area contributed by atoms with E-state index in [9.17, 15) is 9.59 Å². The van der Waals surface area contributed by atoms with Crippen molar-refractivity contribution in [1.82, 2.24) is 10.6 Å². The molecule has 0 spiro atoms. The van der Waals surface area contributed by atoms with E-state index in [0.717, 1.165) is 12.8 Å². The summed E-state index contributed by atoms with van der Waals surface area (Å²) in [6.45, 7) is 0. The predicted octanol–water partition coefficient (Wildman–Crippen LogP) is 0.449. The molecular formula is C10H14N2O2. The Kier molecular flexibility index (Phi) is 2.52. The molecule has 1 fully saturated rings. The van der Waals surface area contributed by atoms with E-state index in [4.69, 9.17) is 0 Å². The number of imide groups is 1. The summed E-state index contributed by atoms with van der Waals surface area (Å²) in [6, 6.07) is 0.367. The van der Waals surface area contributed by atoms with Crippen molar-refractivity contribution in [2.45, 2.75) is 38.1 Å². The van der Waals surface area contributed by atoms with Crippen LogP contribution in [0.15, 0.2) is 11.8 Å². The maximum absolute atomic E-state index is 11.2. The van der Waals surface area contributed by atoms with Gasteiger partial charge in [-0.25, -0.2) is 0 Å². The van der Waals surface area contributed by atoms with Gasteiger partial charge in [0.25, 0.3) is 11.8 Å². The van der Waals surface area contributed by atoms with Crippen LogP contribution in [-0.4, -0.2) is 17.9 Å². The lowest BCUT2D eigenvalue weighted by Gasteiger charge is -2.23. The topological polar surface area (TPSA) is 58.2 Å². The molecule has 0 atom stereocenters. The molecule has 4 nitrogen and oxygen atoms in total. The first-order valence-corrected chi connectivity index (χ1v) is 5.09. The number of carbonyl (C=O) groups excluding carboxylic acids is 2. The van der Waals surface area contributed by atoms with E-state index in [0.29, 0.717) is 11.7 Å². The highest BCUT2D eigenvalue weighted by atomic mass is 16.2. The van der Waals surface area contributed by atoms with Crippen LogP contribution in [0.2, 0.25) is 0 Å². The second kappa shape index (κ2) is 3.82. The number of hydrogen-bond donors (Lipinski definition) is 2. The van der Waals surface area contributed by atoms with Crippen molar-refractivity contribution in [3.63, 3.8) is 0 Å². The molecule has 2 aliphatic rings. The highest BCUT2D eigenvalue weighted by Gasteiger charge is 2.23. The lowest BCUT2D eigenvalue weighted by atomic mass is 9.95. The first-order chi connectivity index (χ1) is 6.75. The van der Waals surface area contributed by atoms with Gasteiger partial charge >= 0.3 is 0 Å². The van der Waals surface area contributed by atoms with Gasteiger partial charge in [0, 0.05) is 12.1 Å². The van der Waals surface area contributed by atoms with Gasteiger partial charge in [0.1, 0.15) is 5.70 Å². The van der Waals surface area contributed by atoms with Gasteiger partial charge in [0.15, 0.2) is 0 Å². The number of nitrogens with one attached hydrogen (secondary N) is 2. The van der Waals surface area contributed by atoms with Crippen molar-refractivity contribution in [3.05, 3.63) is 11.8 Å². The van der Waals surface area contributed by atoms with Crippen LogP contribution in [-0.2, 0) is 9.59 Å². The van der Waals surface area contributed by atoms with Crippen molar-refractivity contribution >= 4 is 11.8 Å². The Labute approximate surface area is 82.7 Å². The molecule has 1 heterocycles. The van der Waals surface area contributed by atoms with Crippen molar-refractivity contribution in [1.29, 1.82) is 0 Å². The zero-order valence-corrected chi connectivity index (χ0v) is 8.01. The number of amides is 2. The van der Waals surface area contributed by atoms with Crippen LogP contribution in [0.4, 0.5) is 0 Å². The van der Waals surface area contributed by atoms with Gasteiger partial charge in [-0.05, 0) is 12.8 Å². The lowest BCUT2D eigenvalue weighted by molar-refractivity contribution is -0.124. The Morgan fingerprint density at radius 3 is 2.50 bits per heavy atom. The maximum Gasteiger partial charge on any atom is 0.274 e. The fraction of sp³-hybridized carbons (Fsp3) is 0.600. The number of hydrogen-bond acceptors (Lipinski definition) is 3. The molecule has 0 unspecified atom stereocenters. The Balaban J connectivity index is 1.93. The maximum atomic E-state index is 11.2. The van der Waals surface area contributed by atoms with Gasteiger partial charge in [-0.15, -0.1) is 0 Å². The molecule has 4 heteroatoms. The van der Waals surface area contributed by atoms with Gasteiger partial charge in [0.05, 0.1) is 0 Å². The molecule has 1 saturated carbocycles. The monoisotopic (exact) mass is 194 g/mol. The van der Waals surface area contributed by atoms with Gasteiger partial charge in [-0.3, -0.25) is 14.9 Å². The van der Waals surface area contributed by atoms with E-state index in [1.807, 2.05) is 0 Å². The summed E-state index contributed by atoms with van der Waals surface area (Å²) in [5.74, 6) is -0.603. The smallest absolute Gasteiger partial charge is 0.274 e. The molecule has 0 radical (unpaired) electrons. The van der Waals surface area contributed by atoms with E-state index in [2.05, 4.69) is 10.6 Å². The quantitative estimate of drug-likeness (QED) is 0.627. The molecule has 1 aliphatic heterocycles. The fourth-order valence-electron chi connectivity index (χ4n) is 1.99. The van der Waals surface area contributed by atoms with E-state index >= 15 is 0 Å². The third kappa shape index (κ3) is 1.95. The van der Waals surface area contributed by atoms with E-state index < -0.39 is 0 Å². The van der Waals surface area contributed by atoms with Crippen LogP contribution < -0.4 is 10.6 Å². The summed E-state index contributed by atoms with van der Waals surface area (Å²) in [5, 5.41) is 5.35. The summed E-state index contributed by atoms with van der Waals surface area (Å²) in [5.41, 5.74) is 0.432. The summed E-state index contributed by atoms with van der Waals surface area (Å²) < 4.78 is 0. The zero-order chi connectivity index (χ0) is 9.97. The molecule has 0 aromatic rings. The highest BCUT2D eigenvalue weighted by molar-refractivity contribution is 6.15. The molecule has 76 valence electrons. The van der Waals surface area contributed by atoms with Crippen LogP contribution in [0.3, 0.4) is 0 Å². The minimum absolute atomic E-state index is 0.291. The van der Waals surface area contributed by atoms with Gasteiger partial charge in [-0.2, -0.15) is 0 Å². The Morgan fingerprint density at radius 1 is 1.21 bits per heavy atom. The summed E-state index contributed by atoms with van der Waals surface area (Å²) in [6.07, 6.45) is 7.23. The number of carbonyl (C=O) groups is 2. The molecule has 2 amide bonds. The summed E-state index contributed by atoms with van der Waals surface area (Å²) in [7, 11) is 0. The normalized spacial score (nSPS) is 23.3. The van der Waals surface area contributed by atoms with Gasteiger partial charge < -0.3 is 5.32 Å². The molecule has 2 N–H and O–H groups in total. The third-order valence-electron chi connectivity index (χ3n) is 2.72. The molecule has 0 bridgehead atoms. The van der Waals surface area contributed by atoms with Gasteiger partial charge in [0.2, 0.25) is 0 Å². The first-order valence-electron chi connectivity index (χ1n) is 5.09. The molecule has 14 heavy (non-hydrogen) atoms. The molecule has 0 aromatic carbocycles. The van der Waals surface area contributed by atoms with Crippen LogP contribution in [0.25, 0.3) is 0 Å². The Morgan fingerprint density at radius 2 is 1.93 bits per heavy atom. The molecular weight excluding hydrogens is 180 g/mol. The molecule has 0 saturated heterocycles. The summed E-state index contributed by atoms with van der Waals surface area (Å²) in [4.78, 5) is 22.1. The SMILES string of the molecule is O=C1C=C(NC2CCCCC2)C(=O)N1. The second-order valence-corrected chi connectivity index (χ2v) is 3.86. The first kappa shape index (κ1) is 9.24. The van der Waals surface area contributed by atoms with Crippen LogP contribution in [0.1, 0.15) is 32.1 Å². The van der Waals surface area contributed by atoms with Crippen molar-refractivity contribution in [2.75, 3.05) is 0 Å². The van der Waals surface area contributed by atoms with Gasteiger partial charge in [-0.1, -0.05) is 19.3 Å². The average Bonchev–Trinajstić information content (AvgIpc) is 2.47. The molecule has 0 aromatic heterocycles. The second-order valence-electron chi connectivity index (χ2n) is 3.86. The standard InChI is InChI=1S/C10H14N2O2/c13-9-6-8(10(14)12-9)11-7-4-2-1-3-5-7/h6-7H,1-5H2,(H2,11,12,13,14). The molecule has 2 rings (SSSR count). The van der Waals surface area contributed by atoms with E-state index in [-0.39, 0.29) is 11.8 Å². The zero-order valence-electron chi connectivity index (χ0n) is 8.01. The highest BCUT2D eigenvalue weighted by Crippen LogP contribution is 2.18. The van der Waals surface area contributed by atoms with E-state index in [1.54, 1.807) is 0 Å². The van der Waals surface area contributed by atoms with Crippen molar-refractivity contribution in [3.8, 4) is 0 Å². The Hall–Kier alpha value is -1.32. The fourth-order valence-corrected chi connectivity index (χ4v) is 1.99. The number of rotatable bonds is 2. The molecule has 1 aliphatic carbocycles. The van der Waals surface area contributed by atoms with E-state index in [1.165, 1.54) is 25.3 Å². The van der Waals surface area contributed by atoms with Crippen molar-refractivity contribution < 1.29 is 9.59 Å². The van der Waals surface area contributed by atoms with Crippen molar-refractivity contribution in [2.24, 2.45) is 0 Å². The lowest BCUT2D eigenvalue weighted by Crippen LogP contribution is -2.34. The third-order valence-corrected chi connectivity index (χ3v) is 2.72. The average molecular weight is 194 g/mol. The summed E-state index contributed by atoms with van der Waals surface area (Å²) >= 11 is 0. The predicted molar refractivity (Wildman–Crippen MR) is 51.2 cm³/mol. The minimum atomic E-state index is -0.312. The Bertz CT molecular complexity index is 290. The van der Waals surface area contributed by atoms with Crippen LogP contribution in [0.5, 0.6) is 0 Å². The largest absolute Gasteiger partial charge is 0.378 e. The van der Waals surface area contributed by atoms with Crippen LogP contribution >= 0.6 is 0 Å². The van der Waals surface area contributed by atoms with Crippen LogP contribution in [0, 0.1) is 0 Å².